The maximum atomic E-state index is 14.7. The van der Waals surface area contributed by atoms with Crippen LogP contribution in [0.2, 0.25) is 0 Å². The molecule has 5 aromatic carbocycles. The van der Waals surface area contributed by atoms with Crippen molar-refractivity contribution in [1.29, 1.82) is 0 Å². The van der Waals surface area contributed by atoms with Gasteiger partial charge in [-0.15, -0.1) is 0 Å². The molecule has 0 aliphatic carbocycles. The molecule has 14 heteroatoms. The number of hydrogen-bond donors (Lipinski definition) is 9. The van der Waals surface area contributed by atoms with Crippen LogP contribution < -0.4 is 27.0 Å². The molecular weight excluding hydrogens is 799 g/mol. The van der Waals surface area contributed by atoms with E-state index in [1.54, 1.807) is 54.9 Å². The lowest BCUT2D eigenvalue weighted by atomic mass is 9.99. The maximum Gasteiger partial charge on any atom is 0.326 e. The zero-order chi connectivity index (χ0) is 44.3. The number of fused-ring (bicyclic) bond motifs is 2. The van der Waals surface area contributed by atoms with Gasteiger partial charge in [-0.05, 0) is 58.5 Å². The average molecular weight is 848 g/mol. The van der Waals surface area contributed by atoms with Gasteiger partial charge >= 0.3 is 5.97 Å². The first kappa shape index (κ1) is 43.4. The fourth-order valence-electron chi connectivity index (χ4n) is 7.64. The molecule has 0 fully saturated rings. The van der Waals surface area contributed by atoms with E-state index in [1.807, 2.05) is 78.9 Å². The minimum Gasteiger partial charge on any atom is -0.508 e. The molecule has 4 amide bonds. The molecule has 14 nitrogen and oxygen atoms in total. The highest BCUT2D eigenvalue weighted by molar-refractivity contribution is 5.97. The molecule has 0 unspecified atom stereocenters. The van der Waals surface area contributed by atoms with E-state index in [1.165, 1.54) is 12.1 Å². The number of aromatic hydroxyl groups is 1. The zero-order valence-electron chi connectivity index (χ0n) is 34.3. The summed E-state index contributed by atoms with van der Waals surface area (Å²) < 4.78 is 0. The SMILES string of the molecule is N[C@H](Cc1ccccc1)C(=O)N[C@H](Cc1c[nH]c2ccccc12)C(=O)N[C@H](Cc1c[nH]c2ccccc12)C(=O)N[C@H](Cc1ccc(O)cc1)C(=O)N[C@H](Cc1ccccc1)C(=O)O. The number of amides is 4. The molecule has 10 N–H and O–H groups in total. The number of nitrogens with one attached hydrogen (secondary N) is 6. The number of carbonyl (C=O) groups is 5. The molecule has 2 aromatic heterocycles. The third kappa shape index (κ3) is 11.4. The minimum atomic E-state index is -1.33. The summed E-state index contributed by atoms with van der Waals surface area (Å²) in [5.41, 5.74) is 11.6. The molecule has 0 aliphatic rings. The third-order valence-corrected chi connectivity index (χ3v) is 11.0. The van der Waals surface area contributed by atoms with Crippen molar-refractivity contribution in [3.8, 4) is 5.75 Å². The fourth-order valence-corrected chi connectivity index (χ4v) is 7.64. The molecule has 0 radical (unpaired) electrons. The van der Waals surface area contributed by atoms with Gasteiger partial charge in [0.05, 0.1) is 6.04 Å². The Morgan fingerprint density at radius 2 is 0.841 bits per heavy atom. The molecular formula is C49H49N7O7. The number of phenols is 1. The molecule has 0 saturated carbocycles. The van der Waals surface area contributed by atoms with Crippen molar-refractivity contribution in [2.75, 3.05) is 0 Å². The lowest BCUT2D eigenvalue weighted by Gasteiger charge is -2.27. The lowest BCUT2D eigenvalue weighted by molar-refractivity contribution is -0.142. The molecule has 5 atom stereocenters. The minimum absolute atomic E-state index is 0.00519. The molecule has 0 bridgehead atoms. The summed E-state index contributed by atoms with van der Waals surface area (Å²) in [7, 11) is 0. The summed E-state index contributed by atoms with van der Waals surface area (Å²) in [4.78, 5) is 76.0. The smallest absolute Gasteiger partial charge is 0.326 e. The van der Waals surface area contributed by atoms with Gasteiger partial charge in [0, 0.05) is 59.9 Å². The quantitative estimate of drug-likeness (QED) is 0.0571. The molecule has 0 saturated heterocycles. The van der Waals surface area contributed by atoms with E-state index >= 15 is 0 Å². The Morgan fingerprint density at radius 3 is 1.33 bits per heavy atom. The maximum absolute atomic E-state index is 14.7. The van der Waals surface area contributed by atoms with Gasteiger partial charge in [-0.25, -0.2) is 4.79 Å². The second kappa shape index (κ2) is 20.2. The third-order valence-electron chi connectivity index (χ3n) is 11.0. The molecule has 322 valence electrons. The van der Waals surface area contributed by atoms with Crippen molar-refractivity contribution in [2.24, 2.45) is 5.73 Å². The van der Waals surface area contributed by atoms with Crippen LogP contribution in [-0.4, -0.2) is 80.0 Å². The van der Waals surface area contributed by atoms with Gasteiger partial charge < -0.3 is 47.2 Å². The van der Waals surface area contributed by atoms with Crippen molar-refractivity contribution in [2.45, 2.75) is 62.3 Å². The van der Waals surface area contributed by atoms with Crippen LogP contribution in [0.15, 0.2) is 146 Å². The van der Waals surface area contributed by atoms with Crippen molar-refractivity contribution in [3.63, 3.8) is 0 Å². The van der Waals surface area contributed by atoms with Crippen LogP contribution in [0, 0.1) is 0 Å². The molecule has 2 heterocycles. The standard InChI is InChI=1S/C49H49N7O7/c50-38(23-30-11-3-1-4-12-30)45(58)53-42(26-33-28-51-39-17-9-7-15-36(33)39)47(60)55-43(27-34-29-52-40-18-10-8-16-37(34)40)48(61)54-41(24-32-19-21-35(57)22-20-32)46(59)56-44(49(62)63)25-31-13-5-2-6-14-31/h1-22,28-29,38,41-44,51-52,57H,23-27,50H2,(H,53,58)(H,54,61)(H,55,60)(H,56,59)(H,62,63)/t38-,41-,42-,43-,44-/m1/s1. The van der Waals surface area contributed by atoms with Crippen LogP contribution in [-0.2, 0) is 56.1 Å². The Balaban J connectivity index is 1.18. The first-order chi connectivity index (χ1) is 30.5. The van der Waals surface area contributed by atoms with Gasteiger partial charge in [-0.2, -0.15) is 0 Å². The van der Waals surface area contributed by atoms with Gasteiger partial charge in [0.25, 0.3) is 0 Å². The van der Waals surface area contributed by atoms with Crippen LogP contribution in [0.4, 0.5) is 0 Å². The summed E-state index contributed by atoms with van der Waals surface area (Å²) in [5, 5.41) is 32.9. The number of carboxylic acids is 1. The van der Waals surface area contributed by atoms with Crippen molar-refractivity contribution in [3.05, 3.63) is 174 Å². The van der Waals surface area contributed by atoms with E-state index < -0.39 is 59.8 Å². The summed E-state index contributed by atoms with van der Waals surface area (Å²) >= 11 is 0. The predicted octanol–water partition coefficient (Wildman–Crippen LogP) is 4.22. The number of aromatic amines is 2. The van der Waals surface area contributed by atoms with Gasteiger partial charge in [0.15, 0.2) is 0 Å². The van der Waals surface area contributed by atoms with Crippen molar-refractivity contribution in [1.82, 2.24) is 31.2 Å². The second-order valence-corrected chi connectivity index (χ2v) is 15.6. The number of rotatable bonds is 19. The molecule has 63 heavy (non-hydrogen) atoms. The van der Waals surface area contributed by atoms with E-state index in [2.05, 4.69) is 31.2 Å². The summed E-state index contributed by atoms with van der Waals surface area (Å²) in [5.74, 6) is -4.01. The van der Waals surface area contributed by atoms with Crippen molar-refractivity contribution < 1.29 is 34.2 Å². The van der Waals surface area contributed by atoms with E-state index in [9.17, 15) is 34.2 Å². The Bertz CT molecular complexity index is 2680. The van der Waals surface area contributed by atoms with Gasteiger partial charge in [0.1, 0.15) is 29.9 Å². The van der Waals surface area contributed by atoms with Gasteiger partial charge in [0.2, 0.25) is 23.6 Å². The van der Waals surface area contributed by atoms with Crippen LogP contribution in [0.3, 0.4) is 0 Å². The number of aromatic nitrogens is 2. The number of para-hydroxylation sites is 2. The number of carbonyl (C=O) groups excluding carboxylic acids is 4. The Morgan fingerprint density at radius 1 is 0.460 bits per heavy atom. The summed E-state index contributed by atoms with van der Waals surface area (Å²) in [6.07, 6.45) is 3.66. The normalized spacial score (nSPS) is 13.6. The zero-order valence-corrected chi connectivity index (χ0v) is 34.3. The number of hydrogen-bond acceptors (Lipinski definition) is 7. The second-order valence-electron chi connectivity index (χ2n) is 15.6. The highest BCUT2D eigenvalue weighted by Gasteiger charge is 2.33. The monoisotopic (exact) mass is 847 g/mol. The summed E-state index contributed by atoms with van der Waals surface area (Å²) in [6, 6.07) is 33.1. The highest BCUT2D eigenvalue weighted by Crippen LogP contribution is 2.22. The van der Waals surface area contributed by atoms with Gasteiger partial charge in [-0.1, -0.05) is 109 Å². The lowest BCUT2D eigenvalue weighted by Crippen LogP contribution is -2.59. The largest absolute Gasteiger partial charge is 0.508 e. The van der Waals surface area contributed by atoms with Crippen LogP contribution >= 0.6 is 0 Å². The Kier molecular flexibility index (Phi) is 13.9. The average Bonchev–Trinajstić information content (AvgIpc) is 3.90. The number of benzene rings is 5. The van der Waals surface area contributed by atoms with E-state index in [0.717, 1.165) is 32.9 Å². The van der Waals surface area contributed by atoms with E-state index in [0.29, 0.717) is 16.7 Å². The first-order valence-electron chi connectivity index (χ1n) is 20.7. The van der Waals surface area contributed by atoms with E-state index in [4.69, 9.17) is 5.73 Å². The number of nitrogens with two attached hydrogens (primary N) is 1. The molecule has 7 rings (SSSR count). The van der Waals surface area contributed by atoms with Crippen LogP contribution in [0.1, 0.15) is 27.8 Å². The van der Waals surface area contributed by atoms with Crippen LogP contribution in [0.25, 0.3) is 21.8 Å². The Labute approximate surface area is 363 Å². The fraction of sp³-hybridized carbons (Fsp3) is 0.204. The highest BCUT2D eigenvalue weighted by atomic mass is 16.4. The Hall–Kier alpha value is -7.71. The van der Waals surface area contributed by atoms with Crippen molar-refractivity contribution >= 4 is 51.4 Å². The molecule has 0 spiro atoms. The predicted molar refractivity (Wildman–Crippen MR) is 239 cm³/mol. The topological polar surface area (TPSA) is 232 Å². The number of H-pyrrole nitrogens is 2. The number of aliphatic carboxylic acids is 1. The van der Waals surface area contributed by atoms with Gasteiger partial charge in [-0.3, -0.25) is 19.2 Å². The molecule has 7 aromatic rings. The number of phenolic OH excluding ortho intramolecular Hbond substituents is 1. The van der Waals surface area contributed by atoms with Crippen LogP contribution in [0.5, 0.6) is 5.75 Å². The summed E-state index contributed by atoms with van der Waals surface area (Å²) in [6.45, 7) is 0. The first-order valence-corrected chi connectivity index (χ1v) is 20.7. The molecule has 0 aliphatic heterocycles. The van der Waals surface area contributed by atoms with E-state index in [-0.39, 0.29) is 37.9 Å². The number of carboxylic acid groups (broad SMARTS) is 1.